The molecule has 2 aromatic carbocycles. The van der Waals surface area contributed by atoms with Crippen molar-refractivity contribution in [3.63, 3.8) is 0 Å². The van der Waals surface area contributed by atoms with Crippen LogP contribution < -0.4 is 25.1 Å². The van der Waals surface area contributed by atoms with E-state index < -0.39 is 5.56 Å². The number of ether oxygens (including phenoxy) is 2. The monoisotopic (exact) mass is 419 g/mol. The first-order valence-corrected chi connectivity index (χ1v) is 9.85. The normalized spacial score (nSPS) is 11.6. The Kier molecular flexibility index (Phi) is 5.40. The van der Waals surface area contributed by atoms with Crippen molar-refractivity contribution in [2.75, 3.05) is 13.7 Å². The third-order valence-electron chi connectivity index (χ3n) is 4.27. The van der Waals surface area contributed by atoms with E-state index in [-0.39, 0.29) is 16.2 Å². The third-order valence-corrected chi connectivity index (χ3v) is 5.23. The molecule has 8 heteroatoms. The molecular weight excluding hydrogens is 402 g/mol. The number of aromatic nitrogens is 3. The molecule has 7 nitrogen and oxygen atoms in total. The molecule has 30 heavy (non-hydrogen) atoms. The van der Waals surface area contributed by atoms with Gasteiger partial charge in [0.15, 0.2) is 17.2 Å². The predicted molar refractivity (Wildman–Crippen MR) is 116 cm³/mol. The van der Waals surface area contributed by atoms with E-state index in [9.17, 15) is 9.59 Å². The highest BCUT2D eigenvalue weighted by Crippen LogP contribution is 2.28. The van der Waals surface area contributed by atoms with Gasteiger partial charge in [0, 0.05) is 5.56 Å². The van der Waals surface area contributed by atoms with E-state index in [1.807, 2.05) is 12.1 Å². The van der Waals surface area contributed by atoms with Crippen molar-refractivity contribution in [3.05, 3.63) is 92.0 Å². The molecule has 0 atom stereocenters. The van der Waals surface area contributed by atoms with Crippen LogP contribution in [-0.2, 0) is 0 Å². The van der Waals surface area contributed by atoms with Crippen LogP contribution in [0.3, 0.4) is 0 Å². The fourth-order valence-corrected chi connectivity index (χ4v) is 3.78. The first-order valence-electron chi connectivity index (χ1n) is 9.03. The topological polar surface area (TPSA) is 82.8 Å². The lowest BCUT2D eigenvalue weighted by molar-refractivity contribution is 0.326. The van der Waals surface area contributed by atoms with E-state index >= 15 is 0 Å². The van der Waals surface area contributed by atoms with E-state index in [0.717, 1.165) is 16.9 Å². The molecule has 0 saturated carbocycles. The molecule has 4 aromatic rings. The van der Waals surface area contributed by atoms with E-state index in [1.54, 1.807) is 55.7 Å². The molecular formula is C22H17N3O4S. The summed E-state index contributed by atoms with van der Waals surface area (Å²) in [6.07, 6.45) is 3.35. The minimum atomic E-state index is -0.473. The van der Waals surface area contributed by atoms with Crippen molar-refractivity contribution >= 4 is 22.4 Å². The fraction of sp³-hybridized carbons (Fsp3) is 0.0909. The van der Waals surface area contributed by atoms with Gasteiger partial charge in [-0.1, -0.05) is 60.4 Å². The Morgan fingerprint density at radius 2 is 1.93 bits per heavy atom. The van der Waals surface area contributed by atoms with Crippen LogP contribution in [0.25, 0.3) is 22.3 Å². The summed E-state index contributed by atoms with van der Waals surface area (Å²) in [4.78, 5) is 29.5. The van der Waals surface area contributed by atoms with Crippen LogP contribution in [0.5, 0.6) is 11.5 Å². The summed E-state index contributed by atoms with van der Waals surface area (Å²) in [7, 11) is 1.54. The van der Waals surface area contributed by atoms with Crippen LogP contribution in [0.4, 0.5) is 0 Å². The molecule has 150 valence electrons. The largest absolute Gasteiger partial charge is 0.493 e. The van der Waals surface area contributed by atoms with Gasteiger partial charge in [-0.3, -0.25) is 9.59 Å². The zero-order valence-electron chi connectivity index (χ0n) is 16.1. The second-order valence-corrected chi connectivity index (χ2v) is 7.26. The highest BCUT2D eigenvalue weighted by molar-refractivity contribution is 7.15. The molecule has 0 saturated heterocycles. The molecule has 4 rings (SSSR count). The number of nitrogens with zero attached hydrogens (tertiary/aromatic N) is 3. The van der Waals surface area contributed by atoms with Crippen LogP contribution >= 0.6 is 11.3 Å². The van der Waals surface area contributed by atoms with Crippen molar-refractivity contribution in [2.45, 2.75) is 0 Å². The number of benzene rings is 2. The average Bonchev–Trinajstić information content (AvgIpc) is 3.06. The van der Waals surface area contributed by atoms with Crippen molar-refractivity contribution < 1.29 is 9.47 Å². The number of hydrogen-bond acceptors (Lipinski definition) is 7. The van der Waals surface area contributed by atoms with Crippen LogP contribution in [0, 0.1) is 0 Å². The minimum Gasteiger partial charge on any atom is -0.493 e. The third kappa shape index (κ3) is 3.72. The van der Waals surface area contributed by atoms with Crippen molar-refractivity contribution in [3.8, 4) is 22.8 Å². The van der Waals surface area contributed by atoms with Crippen LogP contribution in [-0.4, -0.2) is 28.3 Å². The van der Waals surface area contributed by atoms with Gasteiger partial charge in [-0.2, -0.15) is 14.6 Å². The maximum absolute atomic E-state index is 12.9. The van der Waals surface area contributed by atoms with E-state index in [1.165, 1.54) is 4.52 Å². The maximum Gasteiger partial charge on any atom is 0.300 e. The summed E-state index contributed by atoms with van der Waals surface area (Å²) < 4.78 is 12.5. The Bertz CT molecular complexity index is 1390. The van der Waals surface area contributed by atoms with Gasteiger partial charge in [0.1, 0.15) is 6.61 Å². The number of fused-ring (bicyclic) bond motifs is 1. The zero-order chi connectivity index (χ0) is 21.1. The predicted octanol–water partition coefficient (Wildman–Crippen LogP) is 2.30. The lowest BCUT2D eigenvalue weighted by Crippen LogP contribution is -2.26. The van der Waals surface area contributed by atoms with Gasteiger partial charge < -0.3 is 9.47 Å². The van der Waals surface area contributed by atoms with Gasteiger partial charge in [0.05, 0.1) is 11.6 Å². The highest BCUT2D eigenvalue weighted by Gasteiger charge is 2.13. The smallest absolute Gasteiger partial charge is 0.300 e. The standard InChI is InChI=1S/C22H17N3O4S/c1-3-11-29-16-10-9-14(12-17(16)28-2)13-18-21(27)25-22(30-18)23-20(26)19(24-25)15-7-5-4-6-8-15/h3-10,12-13H,1,11H2,2H3. The number of hydrogen-bond donors (Lipinski definition) is 0. The molecule has 0 aliphatic rings. The first kappa shape index (κ1) is 19.5. The molecule has 0 radical (unpaired) electrons. The molecule has 0 N–H and O–H groups in total. The number of methoxy groups -OCH3 is 1. The second-order valence-electron chi connectivity index (χ2n) is 6.25. The van der Waals surface area contributed by atoms with Crippen molar-refractivity contribution in [1.29, 1.82) is 0 Å². The maximum atomic E-state index is 12.9. The second kappa shape index (κ2) is 8.30. The summed E-state index contributed by atoms with van der Waals surface area (Å²) in [6, 6.07) is 14.3. The van der Waals surface area contributed by atoms with Crippen molar-refractivity contribution in [1.82, 2.24) is 14.6 Å². The molecule has 0 unspecified atom stereocenters. The summed E-state index contributed by atoms with van der Waals surface area (Å²) in [5, 5.41) is 4.25. The van der Waals surface area contributed by atoms with Crippen LogP contribution in [0.2, 0.25) is 0 Å². The summed E-state index contributed by atoms with van der Waals surface area (Å²) in [6.45, 7) is 3.98. The van der Waals surface area contributed by atoms with E-state index in [4.69, 9.17) is 9.47 Å². The molecule has 0 aliphatic carbocycles. The van der Waals surface area contributed by atoms with Gasteiger partial charge in [0.2, 0.25) is 4.96 Å². The lowest BCUT2D eigenvalue weighted by atomic mass is 10.2. The molecule has 2 aromatic heterocycles. The van der Waals surface area contributed by atoms with Gasteiger partial charge in [0.25, 0.3) is 5.56 Å². The fourth-order valence-electron chi connectivity index (χ4n) is 2.88. The highest BCUT2D eigenvalue weighted by atomic mass is 32.1. The van der Waals surface area contributed by atoms with Crippen molar-refractivity contribution in [2.24, 2.45) is 0 Å². The van der Waals surface area contributed by atoms with Gasteiger partial charge in [-0.15, -0.1) is 0 Å². The summed E-state index contributed by atoms with van der Waals surface area (Å²) in [5.74, 6) is 1.12. The van der Waals surface area contributed by atoms with Gasteiger partial charge in [-0.25, -0.2) is 0 Å². The van der Waals surface area contributed by atoms with E-state index in [2.05, 4.69) is 16.7 Å². The number of thiazole rings is 1. The molecule has 2 heterocycles. The molecule has 0 aliphatic heterocycles. The Hall–Kier alpha value is -3.78. The Morgan fingerprint density at radius 1 is 1.13 bits per heavy atom. The summed E-state index contributed by atoms with van der Waals surface area (Å²) in [5.41, 5.74) is 0.679. The average molecular weight is 419 g/mol. The molecule has 0 spiro atoms. The number of rotatable bonds is 6. The van der Waals surface area contributed by atoms with Gasteiger partial charge >= 0.3 is 5.56 Å². The quantitative estimate of drug-likeness (QED) is 0.446. The Morgan fingerprint density at radius 3 is 2.67 bits per heavy atom. The summed E-state index contributed by atoms with van der Waals surface area (Å²) >= 11 is 1.10. The SMILES string of the molecule is C=CCOc1ccc(C=c2sc3nc(=O)c(-c4ccccc4)nn3c2=O)cc1OC. The Balaban J connectivity index is 1.81. The molecule has 0 amide bonds. The zero-order valence-corrected chi connectivity index (χ0v) is 16.9. The Labute approximate surface area is 175 Å². The van der Waals surface area contributed by atoms with Gasteiger partial charge in [-0.05, 0) is 23.8 Å². The van der Waals surface area contributed by atoms with Crippen LogP contribution in [0.15, 0.2) is 70.8 Å². The van der Waals surface area contributed by atoms with Crippen LogP contribution in [0.1, 0.15) is 5.56 Å². The minimum absolute atomic E-state index is 0.139. The first-order chi connectivity index (χ1) is 14.6. The molecule has 0 bridgehead atoms. The lowest BCUT2D eigenvalue weighted by Gasteiger charge is -2.09. The molecule has 0 fully saturated rings. The van der Waals surface area contributed by atoms with E-state index in [0.29, 0.717) is 28.2 Å².